The van der Waals surface area contributed by atoms with Crippen LogP contribution in [0, 0.1) is 0 Å². The van der Waals surface area contributed by atoms with Crippen molar-refractivity contribution in [2.45, 2.75) is 16.7 Å². The number of carboxylic acids is 1. The lowest BCUT2D eigenvalue weighted by Crippen LogP contribution is -2.54. The van der Waals surface area contributed by atoms with E-state index in [-0.39, 0.29) is 10.8 Å². The molecule has 0 aromatic carbocycles. The number of sulfonamides is 1. The van der Waals surface area contributed by atoms with Gasteiger partial charge in [-0.2, -0.15) is 4.31 Å². The standard InChI is InChI=1S/C8H8ClNO4S2/c9-6-1-2-7(15-6)16(13,14)10-4-3-5(10)8(11)12/h1-2,5H,3-4H2,(H,11,12)/t5-/m0/s1. The number of carboxylic acid groups (broad SMARTS) is 1. The number of nitrogens with zero attached hydrogens (tertiary/aromatic N) is 1. The van der Waals surface area contributed by atoms with E-state index >= 15 is 0 Å². The third-order valence-electron chi connectivity index (χ3n) is 2.37. The Balaban J connectivity index is 2.30. The monoisotopic (exact) mass is 281 g/mol. The molecule has 1 aromatic heterocycles. The van der Waals surface area contributed by atoms with E-state index in [4.69, 9.17) is 16.7 Å². The molecule has 1 N–H and O–H groups in total. The highest BCUT2D eigenvalue weighted by Gasteiger charge is 2.43. The Morgan fingerprint density at radius 3 is 2.62 bits per heavy atom. The van der Waals surface area contributed by atoms with Crippen LogP contribution in [0.5, 0.6) is 0 Å². The molecular weight excluding hydrogens is 274 g/mol. The number of hydrogen-bond acceptors (Lipinski definition) is 4. The average molecular weight is 282 g/mol. The molecule has 8 heteroatoms. The minimum atomic E-state index is -3.69. The van der Waals surface area contributed by atoms with Gasteiger partial charge in [0.2, 0.25) is 0 Å². The lowest BCUT2D eigenvalue weighted by molar-refractivity contribution is -0.144. The van der Waals surface area contributed by atoms with Crippen LogP contribution in [0.1, 0.15) is 6.42 Å². The minimum Gasteiger partial charge on any atom is -0.480 e. The molecule has 1 atom stereocenters. The van der Waals surface area contributed by atoms with Crippen LogP contribution in [0.3, 0.4) is 0 Å². The second-order valence-electron chi connectivity index (χ2n) is 3.32. The quantitative estimate of drug-likeness (QED) is 0.905. The molecule has 1 aromatic rings. The van der Waals surface area contributed by atoms with Crippen molar-refractivity contribution in [2.75, 3.05) is 6.54 Å². The van der Waals surface area contributed by atoms with Crippen LogP contribution >= 0.6 is 22.9 Å². The number of thiophene rings is 1. The summed E-state index contributed by atoms with van der Waals surface area (Å²) in [5.41, 5.74) is 0. The molecule has 1 aliphatic heterocycles. The summed E-state index contributed by atoms with van der Waals surface area (Å²) in [6.07, 6.45) is 0.355. The summed E-state index contributed by atoms with van der Waals surface area (Å²) in [7, 11) is -3.69. The zero-order valence-corrected chi connectivity index (χ0v) is 10.3. The molecule has 1 saturated heterocycles. The number of aliphatic carboxylic acids is 1. The topological polar surface area (TPSA) is 74.7 Å². The summed E-state index contributed by atoms with van der Waals surface area (Å²) < 4.78 is 25.4. The first-order valence-corrected chi connectivity index (χ1v) is 7.06. The normalized spacial score (nSPS) is 21.7. The molecule has 0 bridgehead atoms. The first kappa shape index (κ1) is 11.8. The molecule has 0 radical (unpaired) electrons. The lowest BCUT2D eigenvalue weighted by Gasteiger charge is -2.35. The van der Waals surface area contributed by atoms with Crippen LogP contribution in [0.2, 0.25) is 4.34 Å². The first-order valence-electron chi connectivity index (χ1n) is 4.43. The number of carbonyl (C=O) groups is 1. The maximum absolute atomic E-state index is 12.0. The maximum atomic E-state index is 12.0. The van der Waals surface area contributed by atoms with Gasteiger partial charge in [-0.3, -0.25) is 4.79 Å². The van der Waals surface area contributed by atoms with E-state index in [0.29, 0.717) is 10.8 Å². The van der Waals surface area contributed by atoms with Gasteiger partial charge >= 0.3 is 5.97 Å². The van der Waals surface area contributed by atoms with E-state index in [2.05, 4.69) is 0 Å². The Labute approximate surface area is 101 Å². The van der Waals surface area contributed by atoms with Crippen LogP contribution in [-0.2, 0) is 14.8 Å². The van der Waals surface area contributed by atoms with E-state index in [1.165, 1.54) is 12.1 Å². The van der Waals surface area contributed by atoms with Gasteiger partial charge < -0.3 is 5.11 Å². The van der Waals surface area contributed by atoms with E-state index in [1.807, 2.05) is 0 Å². The molecule has 0 spiro atoms. The molecule has 88 valence electrons. The molecule has 2 heterocycles. The fourth-order valence-corrected chi connectivity index (χ4v) is 4.69. The average Bonchev–Trinajstić information content (AvgIpc) is 2.47. The third-order valence-corrected chi connectivity index (χ3v) is 5.97. The summed E-state index contributed by atoms with van der Waals surface area (Å²) in [6.45, 7) is 0.245. The largest absolute Gasteiger partial charge is 0.480 e. The van der Waals surface area contributed by atoms with Crippen LogP contribution in [-0.4, -0.2) is 36.4 Å². The smallest absolute Gasteiger partial charge is 0.322 e. The molecule has 1 aliphatic rings. The molecule has 5 nitrogen and oxygen atoms in total. The van der Waals surface area contributed by atoms with Crippen molar-refractivity contribution < 1.29 is 18.3 Å². The van der Waals surface area contributed by atoms with Crippen molar-refractivity contribution >= 4 is 38.9 Å². The molecule has 0 unspecified atom stereocenters. The van der Waals surface area contributed by atoms with Crippen LogP contribution in [0.25, 0.3) is 0 Å². The van der Waals surface area contributed by atoms with Crippen LogP contribution in [0.4, 0.5) is 0 Å². The molecule has 0 saturated carbocycles. The van der Waals surface area contributed by atoms with Gasteiger partial charge in [-0.15, -0.1) is 11.3 Å². The summed E-state index contributed by atoms with van der Waals surface area (Å²) in [5, 5.41) is 8.79. The summed E-state index contributed by atoms with van der Waals surface area (Å²) >= 11 is 6.58. The fraction of sp³-hybridized carbons (Fsp3) is 0.375. The van der Waals surface area contributed by atoms with Gasteiger partial charge in [0.15, 0.2) is 0 Å². The van der Waals surface area contributed by atoms with Gasteiger partial charge in [0, 0.05) is 6.54 Å². The molecule has 1 fully saturated rings. The summed E-state index contributed by atoms with van der Waals surface area (Å²) in [4.78, 5) is 10.7. The zero-order valence-electron chi connectivity index (χ0n) is 7.96. The predicted molar refractivity (Wildman–Crippen MR) is 59.3 cm³/mol. The summed E-state index contributed by atoms with van der Waals surface area (Å²) in [5.74, 6) is -1.11. The molecule has 16 heavy (non-hydrogen) atoms. The van der Waals surface area contributed by atoms with Gasteiger partial charge in [0.25, 0.3) is 10.0 Å². The lowest BCUT2D eigenvalue weighted by atomic mass is 10.1. The van der Waals surface area contributed by atoms with E-state index in [9.17, 15) is 13.2 Å². The second kappa shape index (κ2) is 3.99. The van der Waals surface area contributed by atoms with E-state index in [1.54, 1.807) is 0 Å². The van der Waals surface area contributed by atoms with Gasteiger partial charge in [-0.1, -0.05) is 11.6 Å². The van der Waals surface area contributed by atoms with E-state index < -0.39 is 22.0 Å². The van der Waals surface area contributed by atoms with Gasteiger partial charge in [-0.05, 0) is 18.6 Å². The van der Waals surface area contributed by atoms with Crippen molar-refractivity contribution in [1.82, 2.24) is 4.31 Å². The molecular formula is C8H8ClNO4S2. The Kier molecular flexibility index (Phi) is 2.95. The first-order chi connectivity index (χ1) is 7.43. The van der Waals surface area contributed by atoms with Gasteiger partial charge in [-0.25, -0.2) is 8.42 Å². The van der Waals surface area contributed by atoms with Crippen molar-refractivity contribution in [3.05, 3.63) is 16.5 Å². The van der Waals surface area contributed by atoms with Crippen LogP contribution < -0.4 is 0 Å². The Morgan fingerprint density at radius 2 is 2.25 bits per heavy atom. The Bertz CT molecular complexity index is 524. The highest BCUT2D eigenvalue weighted by molar-refractivity contribution is 7.91. The van der Waals surface area contributed by atoms with Crippen molar-refractivity contribution in [3.63, 3.8) is 0 Å². The van der Waals surface area contributed by atoms with Crippen molar-refractivity contribution in [3.8, 4) is 0 Å². The summed E-state index contributed by atoms with van der Waals surface area (Å²) in [6, 6.07) is 1.93. The fourth-order valence-electron chi connectivity index (χ4n) is 1.45. The number of hydrogen-bond donors (Lipinski definition) is 1. The SMILES string of the molecule is O=C(O)[C@@H]1CCN1S(=O)(=O)c1ccc(Cl)s1. The third kappa shape index (κ3) is 1.84. The highest BCUT2D eigenvalue weighted by Crippen LogP contribution is 2.32. The van der Waals surface area contributed by atoms with Crippen molar-refractivity contribution in [2.24, 2.45) is 0 Å². The number of rotatable bonds is 3. The second-order valence-corrected chi connectivity index (χ2v) is 7.15. The predicted octanol–water partition coefficient (Wildman–Crippen LogP) is 1.25. The highest BCUT2D eigenvalue weighted by atomic mass is 35.5. The van der Waals surface area contributed by atoms with Crippen LogP contribution in [0.15, 0.2) is 16.3 Å². The van der Waals surface area contributed by atoms with Gasteiger partial charge in [0.05, 0.1) is 4.34 Å². The molecule has 2 rings (SSSR count). The Hall–Kier alpha value is -0.630. The van der Waals surface area contributed by atoms with Crippen molar-refractivity contribution in [1.29, 1.82) is 0 Å². The molecule has 0 aliphatic carbocycles. The minimum absolute atomic E-state index is 0.0865. The number of halogens is 1. The van der Waals surface area contributed by atoms with Gasteiger partial charge in [0.1, 0.15) is 10.3 Å². The Morgan fingerprint density at radius 1 is 1.56 bits per heavy atom. The molecule has 0 amide bonds. The van der Waals surface area contributed by atoms with E-state index in [0.717, 1.165) is 15.6 Å². The zero-order chi connectivity index (χ0) is 11.9. The maximum Gasteiger partial charge on any atom is 0.322 e.